The second-order valence-electron chi connectivity index (χ2n) is 3.80. The van der Waals surface area contributed by atoms with Crippen molar-refractivity contribution in [3.8, 4) is 0 Å². The summed E-state index contributed by atoms with van der Waals surface area (Å²) in [7, 11) is 0. The molecule has 0 amide bonds. The van der Waals surface area contributed by atoms with Crippen LogP contribution in [-0.2, 0) is 6.54 Å². The van der Waals surface area contributed by atoms with E-state index in [4.69, 9.17) is 22.4 Å². The fourth-order valence-corrected chi connectivity index (χ4v) is 1.52. The van der Waals surface area contributed by atoms with Gasteiger partial charge in [0.2, 0.25) is 11.8 Å². The van der Waals surface area contributed by atoms with Crippen molar-refractivity contribution >= 4 is 23.2 Å². The molecular weight excluding hydrogens is 250 g/mol. The van der Waals surface area contributed by atoms with Crippen molar-refractivity contribution in [2.45, 2.75) is 20.4 Å². The molecule has 0 atom stereocenters. The van der Waals surface area contributed by atoms with Gasteiger partial charge in [0.15, 0.2) is 0 Å². The highest BCUT2D eigenvalue weighted by molar-refractivity contribution is 7.80. The minimum atomic E-state index is 0.246. The molecular formula is C11H13N5OS. The van der Waals surface area contributed by atoms with Crippen LogP contribution in [0.5, 0.6) is 0 Å². The Hall–Kier alpha value is -2.02. The first-order valence-electron chi connectivity index (χ1n) is 5.35. The Kier molecular flexibility index (Phi) is 3.52. The van der Waals surface area contributed by atoms with Gasteiger partial charge < -0.3 is 15.5 Å². The lowest BCUT2D eigenvalue weighted by atomic mass is 10.3. The fraction of sp³-hybridized carbons (Fsp3) is 0.273. The van der Waals surface area contributed by atoms with Gasteiger partial charge in [0.1, 0.15) is 16.4 Å². The summed E-state index contributed by atoms with van der Waals surface area (Å²) in [6.07, 6.45) is 1.66. The lowest BCUT2D eigenvalue weighted by Crippen LogP contribution is -2.14. The Bertz CT molecular complexity index is 581. The Balaban J connectivity index is 2.11. The van der Waals surface area contributed by atoms with Crippen LogP contribution in [0.2, 0.25) is 0 Å². The molecule has 94 valence electrons. The number of aryl methyl sites for hydroxylation is 2. The lowest BCUT2D eigenvalue weighted by molar-refractivity contribution is 0.478. The van der Waals surface area contributed by atoms with Crippen LogP contribution in [0.25, 0.3) is 0 Å². The minimum Gasteiger partial charge on any atom is -0.444 e. The van der Waals surface area contributed by atoms with E-state index in [1.165, 1.54) is 0 Å². The summed E-state index contributed by atoms with van der Waals surface area (Å²) >= 11 is 4.89. The highest BCUT2D eigenvalue weighted by Crippen LogP contribution is 2.07. The quantitative estimate of drug-likeness (QED) is 0.804. The van der Waals surface area contributed by atoms with E-state index in [1.807, 2.05) is 13.8 Å². The molecule has 0 aromatic carbocycles. The summed E-state index contributed by atoms with van der Waals surface area (Å²) in [6, 6.07) is 1.74. The number of anilines is 1. The van der Waals surface area contributed by atoms with Gasteiger partial charge in [-0.25, -0.2) is 15.0 Å². The standard InChI is InChI=1S/C11H13N5OS/c1-6-3-8(10(12)18)16-11(15-6)14-5-9-13-4-7(2)17-9/h3-4H,5H2,1-2H3,(H2,12,18)(H,14,15,16). The number of nitrogens with one attached hydrogen (secondary N) is 1. The number of hydrogen-bond acceptors (Lipinski definition) is 6. The van der Waals surface area contributed by atoms with Gasteiger partial charge in [-0.3, -0.25) is 0 Å². The molecule has 0 unspecified atom stereocenters. The summed E-state index contributed by atoms with van der Waals surface area (Å²) in [5.74, 6) is 1.80. The SMILES string of the molecule is Cc1cc(C(N)=S)nc(NCc2ncc(C)o2)n1. The topological polar surface area (TPSA) is 89.9 Å². The summed E-state index contributed by atoms with van der Waals surface area (Å²) in [4.78, 5) is 12.7. The number of nitrogens with two attached hydrogens (primary N) is 1. The Morgan fingerprint density at radius 2 is 2.22 bits per heavy atom. The largest absolute Gasteiger partial charge is 0.444 e. The van der Waals surface area contributed by atoms with E-state index in [9.17, 15) is 0 Å². The predicted molar refractivity (Wildman–Crippen MR) is 71.2 cm³/mol. The highest BCUT2D eigenvalue weighted by atomic mass is 32.1. The maximum Gasteiger partial charge on any atom is 0.223 e. The van der Waals surface area contributed by atoms with E-state index in [2.05, 4.69) is 20.3 Å². The molecule has 2 heterocycles. The summed E-state index contributed by atoms with van der Waals surface area (Å²) in [5.41, 5.74) is 6.88. The number of thiocarbonyl (C=S) groups is 1. The second kappa shape index (κ2) is 5.09. The molecule has 0 bridgehead atoms. The zero-order chi connectivity index (χ0) is 13.1. The van der Waals surface area contributed by atoms with Gasteiger partial charge in [0.25, 0.3) is 0 Å². The molecule has 6 nitrogen and oxygen atoms in total. The van der Waals surface area contributed by atoms with Gasteiger partial charge in [-0.2, -0.15) is 0 Å². The van der Waals surface area contributed by atoms with Crippen LogP contribution in [0.1, 0.15) is 23.0 Å². The summed E-state index contributed by atoms with van der Waals surface area (Å²) < 4.78 is 5.33. The first-order valence-corrected chi connectivity index (χ1v) is 5.76. The van der Waals surface area contributed by atoms with Crippen LogP contribution in [0.4, 0.5) is 5.95 Å². The molecule has 0 saturated heterocycles. The third-order valence-electron chi connectivity index (χ3n) is 2.17. The normalized spacial score (nSPS) is 10.3. The van der Waals surface area contributed by atoms with Crippen molar-refractivity contribution in [2.24, 2.45) is 5.73 Å². The van der Waals surface area contributed by atoms with Crippen molar-refractivity contribution in [3.05, 3.63) is 35.3 Å². The second-order valence-corrected chi connectivity index (χ2v) is 4.24. The Morgan fingerprint density at radius 1 is 1.44 bits per heavy atom. The maximum atomic E-state index is 5.54. The van der Waals surface area contributed by atoms with E-state index >= 15 is 0 Å². The van der Waals surface area contributed by atoms with Gasteiger partial charge >= 0.3 is 0 Å². The van der Waals surface area contributed by atoms with Crippen molar-refractivity contribution in [1.82, 2.24) is 15.0 Å². The van der Waals surface area contributed by atoms with Crippen LogP contribution in [0, 0.1) is 13.8 Å². The third kappa shape index (κ3) is 3.01. The lowest BCUT2D eigenvalue weighted by Gasteiger charge is -2.05. The van der Waals surface area contributed by atoms with Crippen molar-refractivity contribution < 1.29 is 4.42 Å². The van der Waals surface area contributed by atoms with Gasteiger partial charge in [0, 0.05) is 5.69 Å². The molecule has 0 aliphatic carbocycles. The number of oxazole rings is 1. The average Bonchev–Trinajstić information content (AvgIpc) is 2.72. The molecule has 0 saturated carbocycles. The van der Waals surface area contributed by atoms with E-state index < -0.39 is 0 Å². The van der Waals surface area contributed by atoms with E-state index in [0.29, 0.717) is 24.1 Å². The molecule has 0 aliphatic heterocycles. The van der Waals surface area contributed by atoms with Crippen LogP contribution in [0.15, 0.2) is 16.7 Å². The number of hydrogen-bond donors (Lipinski definition) is 2. The molecule has 2 rings (SSSR count). The first-order chi connectivity index (χ1) is 8.54. The molecule has 2 aromatic heterocycles. The van der Waals surface area contributed by atoms with Gasteiger partial charge in [-0.05, 0) is 19.9 Å². The molecule has 0 aliphatic rings. The minimum absolute atomic E-state index is 0.246. The number of aromatic nitrogens is 3. The Labute approximate surface area is 110 Å². The molecule has 0 fully saturated rings. The average molecular weight is 263 g/mol. The molecule has 7 heteroatoms. The van der Waals surface area contributed by atoms with Crippen LogP contribution < -0.4 is 11.1 Å². The van der Waals surface area contributed by atoms with Crippen molar-refractivity contribution in [2.75, 3.05) is 5.32 Å². The van der Waals surface area contributed by atoms with Crippen LogP contribution in [-0.4, -0.2) is 19.9 Å². The highest BCUT2D eigenvalue weighted by Gasteiger charge is 2.06. The monoisotopic (exact) mass is 263 g/mol. The van der Waals surface area contributed by atoms with E-state index in [1.54, 1.807) is 12.3 Å². The molecule has 3 N–H and O–H groups in total. The third-order valence-corrected chi connectivity index (χ3v) is 2.38. The van der Waals surface area contributed by atoms with E-state index in [-0.39, 0.29) is 4.99 Å². The number of nitrogens with zero attached hydrogens (tertiary/aromatic N) is 3. The van der Waals surface area contributed by atoms with Crippen LogP contribution in [0.3, 0.4) is 0 Å². The van der Waals surface area contributed by atoms with Gasteiger partial charge in [0.05, 0.1) is 12.7 Å². The predicted octanol–water partition coefficient (Wildman–Crippen LogP) is 1.33. The number of rotatable bonds is 4. The van der Waals surface area contributed by atoms with E-state index in [0.717, 1.165) is 11.5 Å². The zero-order valence-electron chi connectivity index (χ0n) is 10.1. The molecule has 2 aromatic rings. The van der Waals surface area contributed by atoms with Gasteiger partial charge in [-0.1, -0.05) is 12.2 Å². The van der Waals surface area contributed by atoms with Gasteiger partial charge in [-0.15, -0.1) is 0 Å². The molecule has 18 heavy (non-hydrogen) atoms. The summed E-state index contributed by atoms with van der Waals surface area (Å²) in [6.45, 7) is 4.10. The van der Waals surface area contributed by atoms with Crippen molar-refractivity contribution in [3.63, 3.8) is 0 Å². The fourth-order valence-electron chi connectivity index (χ4n) is 1.41. The molecule has 0 spiro atoms. The maximum absolute atomic E-state index is 5.54. The van der Waals surface area contributed by atoms with Crippen molar-refractivity contribution in [1.29, 1.82) is 0 Å². The summed E-state index contributed by atoms with van der Waals surface area (Å²) in [5, 5.41) is 3.02. The smallest absolute Gasteiger partial charge is 0.223 e. The van der Waals surface area contributed by atoms with Crippen LogP contribution >= 0.6 is 12.2 Å². The first kappa shape index (κ1) is 12.4. The molecule has 0 radical (unpaired) electrons. The Morgan fingerprint density at radius 3 is 2.83 bits per heavy atom. The zero-order valence-corrected chi connectivity index (χ0v) is 10.9.